The average molecular weight is 477 g/mol. The summed E-state index contributed by atoms with van der Waals surface area (Å²) >= 11 is 0. The maximum atomic E-state index is 12.9. The minimum atomic E-state index is -0.967. The molecular formula is C27H32N4O4. The van der Waals surface area contributed by atoms with Crippen LogP contribution in [0.15, 0.2) is 63.7 Å². The number of hydrogen-bond donors (Lipinski definition) is 2. The number of hydrogen-bond acceptors (Lipinski definition) is 6. The molecule has 1 aliphatic carbocycles. The summed E-state index contributed by atoms with van der Waals surface area (Å²) in [4.78, 5) is 33.2. The van der Waals surface area contributed by atoms with Crippen LogP contribution >= 0.6 is 0 Å². The summed E-state index contributed by atoms with van der Waals surface area (Å²) in [5.74, 6) is 0.709. The topological polar surface area (TPSA) is 98.4 Å². The lowest BCUT2D eigenvalue weighted by Gasteiger charge is -2.53. The summed E-state index contributed by atoms with van der Waals surface area (Å²) in [6.07, 6.45) is 8.52. The van der Waals surface area contributed by atoms with Gasteiger partial charge >= 0.3 is 6.03 Å². The zero-order valence-corrected chi connectivity index (χ0v) is 19.9. The molecule has 184 valence electrons. The van der Waals surface area contributed by atoms with E-state index < -0.39 is 5.60 Å². The maximum absolute atomic E-state index is 12.9. The first-order valence-electron chi connectivity index (χ1n) is 12.3. The van der Waals surface area contributed by atoms with Gasteiger partial charge in [0.05, 0.1) is 30.4 Å². The van der Waals surface area contributed by atoms with Crippen molar-refractivity contribution in [3.05, 3.63) is 65.6 Å². The molecule has 2 aromatic rings. The minimum absolute atomic E-state index is 0.132. The van der Waals surface area contributed by atoms with Crippen molar-refractivity contribution in [2.24, 2.45) is 10.4 Å². The number of amides is 2. The van der Waals surface area contributed by atoms with Gasteiger partial charge in [-0.1, -0.05) is 43.2 Å². The highest BCUT2D eigenvalue weighted by Crippen LogP contribution is 2.51. The SMILES string of the molecule is O=CC1=C(c2ccccc2)N=CN(C[C@]2(O)CCN(C(=O)NCc3ccco3)CC23CCCC3)C1. The number of furan rings is 1. The number of nitrogens with zero attached hydrogens (tertiary/aromatic N) is 3. The van der Waals surface area contributed by atoms with E-state index in [1.807, 2.05) is 46.2 Å². The third-order valence-corrected chi connectivity index (χ3v) is 7.80. The molecule has 1 saturated carbocycles. The lowest BCUT2D eigenvalue weighted by Crippen LogP contribution is -2.64. The highest BCUT2D eigenvalue weighted by Gasteiger charge is 2.56. The molecule has 2 fully saturated rings. The Morgan fingerprint density at radius 1 is 1.14 bits per heavy atom. The van der Waals surface area contributed by atoms with Gasteiger partial charge in [-0.05, 0) is 31.4 Å². The van der Waals surface area contributed by atoms with Gasteiger partial charge in [-0.3, -0.25) is 4.79 Å². The standard InChI is InChI=1S/C27H32N4O4/c32-17-22-16-30(20-29-24(22)21-7-2-1-3-8-21)19-27(34)12-13-31(18-26(27)10-4-5-11-26)25(33)28-15-23-9-6-14-35-23/h1-3,6-9,14,17,20,34H,4-5,10-13,15-16,18-19H2,(H,28,33)/t27-/m1/s1. The lowest BCUT2D eigenvalue weighted by molar-refractivity contribution is -0.131. The van der Waals surface area contributed by atoms with Gasteiger partial charge in [-0.25, -0.2) is 9.79 Å². The van der Waals surface area contributed by atoms with Gasteiger partial charge < -0.3 is 24.6 Å². The van der Waals surface area contributed by atoms with Gasteiger partial charge in [-0.2, -0.15) is 0 Å². The number of aldehydes is 1. The molecule has 0 bridgehead atoms. The number of urea groups is 1. The summed E-state index contributed by atoms with van der Waals surface area (Å²) in [5, 5.41) is 15.0. The lowest BCUT2D eigenvalue weighted by atomic mass is 9.65. The molecule has 3 heterocycles. The number of carbonyl (C=O) groups excluding carboxylic acids is 2. The fourth-order valence-electron chi connectivity index (χ4n) is 5.90. The molecule has 1 spiro atoms. The molecule has 1 aromatic carbocycles. The Balaban J connectivity index is 1.28. The molecule has 3 aliphatic rings. The molecule has 0 radical (unpaired) electrons. The Morgan fingerprint density at radius 3 is 2.66 bits per heavy atom. The smallest absolute Gasteiger partial charge is 0.317 e. The van der Waals surface area contributed by atoms with Gasteiger partial charge in [0.25, 0.3) is 0 Å². The zero-order valence-electron chi connectivity index (χ0n) is 19.9. The molecule has 1 saturated heterocycles. The number of carbonyl (C=O) groups is 2. The predicted molar refractivity (Wildman–Crippen MR) is 132 cm³/mol. The number of rotatable bonds is 6. The van der Waals surface area contributed by atoms with Gasteiger partial charge in [0.15, 0.2) is 0 Å². The Labute approximate surface area is 205 Å². The monoisotopic (exact) mass is 476 g/mol. The number of nitrogens with one attached hydrogen (secondary N) is 1. The fourth-order valence-corrected chi connectivity index (χ4v) is 5.90. The summed E-state index contributed by atoms with van der Waals surface area (Å²) in [6.45, 7) is 2.12. The second-order valence-corrected chi connectivity index (χ2v) is 9.94. The van der Waals surface area contributed by atoms with E-state index in [0.717, 1.165) is 37.5 Å². The van der Waals surface area contributed by atoms with Crippen LogP contribution in [-0.2, 0) is 11.3 Å². The van der Waals surface area contributed by atoms with Crippen molar-refractivity contribution in [1.29, 1.82) is 0 Å². The van der Waals surface area contributed by atoms with Crippen LogP contribution in [0.2, 0.25) is 0 Å². The quantitative estimate of drug-likeness (QED) is 0.623. The molecule has 8 heteroatoms. The summed E-state index contributed by atoms with van der Waals surface area (Å²) in [5.41, 5.74) is 0.863. The first kappa shape index (κ1) is 23.4. The Bertz CT molecular complexity index is 1110. The van der Waals surface area contributed by atoms with Gasteiger partial charge in [0.1, 0.15) is 12.0 Å². The molecule has 1 aromatic heterocycles. The van der Waals surface area contributed by atoms with E-state index in [1.165, 1.54) is 0 Å². The number of likely N-dealkylation sites (tertiary alicyclic amines) is 1. The number of aliphatic imine (C=N–C) groups is 1. The predicted octanol–water partition coefficient (Wildman–Crippen LogP) is 3.44. The molecule has 2 aliphatic heterocycles. The summed E-state index contributed by atoms with van der Waals surface area (Å²) in [6, 6.07) is 13.2. The molecule has 8 nitrogen and oxygen atoms in total. The van der Waals surface area contributed by atoms with Crippen LogP contribution in [0.1, 0.15) is 43.4 Å². The third kappa shape index (κ3) is 4.62. The fraction of sp³-hybridized carbons (Fsp3) is 0.444. The Kier molecular flexibility index (Phi) is 6.47. The molecule has 0 unspecified atom stereocenters. The highest BCUT2D eigenvalue weighted by atomic mass is 16.3. The van der Waals surface area contributed by atoms with Gasteiger partial charge in [0, 0.05) is 42.7 Å². The third-order valence-electron chi connectivity index (χ3n) is 7.80. The second kappa shape index (κ2) is 9.70. The summed E-state index contributed by atoms with van der Waals surface area (Å²) < 4.78 is 5.32. The van der Waals surface area contributed by atoms with E-state index in [9.17, 15) is 14.7 Å². The van der Waals surface area contributed by atoms with Crippen LogP contribution in [-0.4, -0.2) is 65.3 Å². The number of benzene rings is 1. The first-order valence-corrected chi connectivity index (χ1v) is 12.3. The van der Waals surface area contributed by atoms with E-state index in [-0.39, 0.29) is 11.4 Å². The average Bonchev–Trinajstić information content (AvgIpc) is 3.58. The number of piperidine rings is 1. The molecule has 5 rings (SSSR count). The summed E-state index contributed by atoms with van der Waals surface area (Å²) in [7, 11) is 0. The molecule has 35 heavy (non-hydrogen) atoms. The Hall–Kier alpha value is -3.39. The molecule has 1 atom stereocenters. The van der Waals surface area contributed by atoms with Crippen LogP contribution < -0.4 is 5.32 Å². The van der Waals surface area contributed by atoms with E-state index in [4.69, 9.17) is 4.42 Å². The van der Waals surface area contributed by atoms with E-state index in [1.54, 1.807) is 18.7 Å². The van der Waals surface area contributed by atoms with Crippen molar-refractivity contribution in [3.8, 4) is 0 Å². The van der Waals surface area contributed by atoms with Crippen molar-refractivity contribution >= 4 is 24.4 Å². The van der Waals surface area contributed by atoms with Gasteiger partial charge in [0.2, 0.25) is 0 Å². The Morgan fingerprint density at radius 2 is 1.94 bits per heavy atom. The van der Waals surface area contributed by atoms with E-state index >= 15 is 0 Å². The zero-order chi connectivity index (χ0) is 24.3. The highest BCUT2D eigenvalue weighted by molar-refractivity contribution is 5.92. The van der Waals surface area contributed by atoms with E-state index in [0.29, 0.717) is 56.2 Å². The number of β-amino-alcohol motifs (C(OH)–C–C–N with tert-alkyl or cyclic N) is 1. The van der Waals surface area contributed by atoms with Crippen LogP contribution in [0.25, 0.3) is 5.70 Å². The van der Waals surface area contributed by atoms with Crippen LogP contribution in [0, 0.1) is 5.41 Å². The van der Waals surface area contributed by atoms with Crippen molar-refractivity contribution in [2.75, 3.05) is 26.2 Å². The van der Waals surface area contributed by atoms with Crippen LogP contribution in [0.3, 0.4) is 0 Å². The first-order chi connectivity index (χ1) is 17.0. The van der Waals surface area contributed by atoms with Crippen molar-refractivity contribution in [3.63, 3.8) is 0 Å². The molecular weight excluding hydrogens is 444 g/mol. The van der Waals surface area contributed by atoms with Crippen LogP contribution in [0.5, 0.6) is 0 Å². The number of aliphatic hydroxyl groups is 1. The van der Waals surface area contributed by atoms with Crippen molar-refractivity contribution in [1.82, 2.24) is 15.1 Å². The van der Waals surface area contributed by atoms with Crippen LogP contribution in [0.4, 0.5) is 4.79 Å². The second-order valence-electron chi connectivity index (χ2n) is 9.94. The minimum Gasteiger partial charge on any atom is -0.467 e. The molecule has 2 N–H and O–H groups in total. The van der Waals surface area contributed by atoms with Crippen molar-refractivity contribution < 1.29 is 19.1 Å². The normalized spacial score (nSPS) is 23.7. The molecule has 2 amide bonds. The van der Waals surface area contributed by atoms with Gasteiger partial charge in [-0.15, -0.1) is 0 Å². The largest absolute Gasteiger partial charge is 0.467 e. The van der Waals surface area contributed by atoms with Crippen molar-refractivity contribution in [2.45, 2.75) is 44.2 Å². The maximum Gasteiger partial charge on any atom is 0.317 e. The van der Waals surface area contributed by atoms with E-state index in [2.05, 4.69) is 10.3 Å².